The van der Waals surface area contributed by atoms with Gasteiger partial charge in [0.2, 0.25) is 5.91 Å². The molecule has 0 radical (unpaired) electrons. The van der Waals surface area contributed by atoms with E-state index in [9.17, 15) is 4.79 Å². The van der Waals surface area contributed by atoms with Crippen molar-refractivity contribution in [3.05, 3.63) is 59.1 Å². The zero-order valence-corrected chi connectivity index (χ0v) is 12.9. The first kappa shape index (κ1) is 14.3. The van der Waals surface area contributed by atoms with Gasteiger partial charge in [0.25, 0.3) is 0 Å². The summed E-state index contributed by atoms with van der Waals surface area (Å²) >= 11 is 7.66. The van der Waals surface area contributed by atoms with Crippen LogP contribution in [0.15, 0.2) is 53.4 Å². The number of carbonyl (C=O) groups excluding carboxylic acids is 1. The van der Waals surface area contributed by atoms with Gasteiger partial charge in [0.15, 0.2) is 0 Å². The number of hydrogen-bond donors (Lipinski definition) is 2. The SMILES string of the molecule is NC(=O)C1(Nc2ccc(Cl)cc2)CCSc2ccccc21. The van der Waals surface area contributed by atoms with E-state index in [0.717, 1.165) is 21.9 Å². The summed E-state index contributed by atoms with van der Waals surface area (Å²) in [6.45, 7) is 0. The predicted molar refractivity (Wildman–Crippen MR) is 87.7 cm³/mol. The summed E-state index contributed by atoms with van der Waals surface area (Å²) in [5, 5.41) is 3.99. The van der Waals surface area contributed by atoms with Crippen LogP contribution in [-0.4, -0.2) is 11.7 Å². The van der Waals surface area contributed by atoms with Crippen LogP contribution in [0.25, 0.3) is 0 Å². The Balaban J connectivity index is 2.05. The number of amides is 1. The molecule has 1 heterocycles. The highest BCUT2D eigenvalue weighted by Gasteiger charge is 2.42. The molecule has 2 aromatic rings. The molecule has 1 unspecified atom stereocenters. The molecule has 0 bridgehead atoms. The van der Waals surface area contributed by atoms with Gasteiger partial charge in [-0.2, -0.15) is 0 Å². The first-order valence-corrected chi connectivity index (χ1v) is 8.04. The third kappa shape index (κ3) is 2.61. The first-order chi connectivity index (χ1) is 10.1. The third-order valence-electron chi connectivity index (χ3n) is 3.70. The van der Waals surface area contributed by atoms with Gasteiger partial charge in [-0.15, -0.1) is 11.8 Å². The van der Waals surface area contributed by atoms with Gasteiger partial charge in [-0.1, -0.05) is 29.8 Å². The Kier molecular flexibility index (Phi) is 3.83. The number of primary amides is 1. The maximum atomic E-state index is 12.2. The Morgan fingerprint density at radius 1 is 1.19 bits per heavy atom. The number of halogens is 1. The maximum absolute atomic E-state index is 12.2. The van der Waals surface area contributed by atoms with Crippen LogP contribution in [0.5, 0.6) is 0 Å². The van der Waals surface area contributed by atoms with Crippen molar-refractivity contribution in [1.29, 1.82) is 0 Å². The molecule has 1 amide bonds. The van der Waals surface area contributed by atoms with Crippen LogP contribution in [-0.2, 0) is 10.3 Å². The zero-order chi connectivity index (χ0) is 14.9. The minimum atomic E-state index is -0.865. The fourth-order valence-corrected chi connectivity index (χ4v) is 3.95. The van der Waals surface area contributed by atoms with Gasteiger partial charge in [-0.05, 0) is 36.8 Å². The normalized spacial score (nSPS) is 20.6. The van der Waals surface area contributed by atoms with E-state index in [1.54, 1.807) is 23.9 Å². The Morgan fingerprint density at radius 2 is 1.90 bits per heavy atom. The molecule has 1 atom stereocenters. The molecule has 3 rings (SSSR count). The number of benzene rings is 2. The van der Waals surface area contributed by atoms with Crippen molar-refractivity contribution in [3.8, 4) is 0 Å². The molecule has 0 fully saturated rings. The van der Waals surface area contributed by atoms with Crippen LogP contribution in [0.1, 0.15) is 12.0 Å². The highest BCUT2D eigenvalue weighted by atomic mass is 35.5. The molecule has 0 saturated heterocycles. The van der Waals surface area contributed by atoms with Gasteiger partial charge in [0.05, 0.1) is 0 Å². The van der Waals surface area contributed by atoms with Gasteiger partial charge in [-0.25, -0.2) is 0 Å². The van der Waals surface area contributed by atoms with Crippen LogP contribution in [0.2, 0.25) is 5.02 Å². The van der Waals surface area contributed by atoms with Gasteiger partial charge in [0, 0.05) is 26.9 Å². The lowest BCUT2D eigenvalue weighted by atomic mass is 9.85. The number of nitrogens with one attached hydrogen (secondary N) is 1. The van der Waals surface area contributed by atoms with Gasteiger partial charge >= 0.3 is 0 Å². The number of anilines is 1. The molecular weight excluding hydrogens is 304 g/mol. The third-order valence-corrected chi connectivity index (χ3v) is 5.03. The quantitative estimate of drug-likeness (QED) is 0.908. The van der Waals surface area contributed by atoms with Crippen LogP contribution in [0, 0.1) is 0 Å². The van der Waals surface area contributed by atoms with Crippen LogP contribution < -0.4 is 11.1 Å². The molecule has 3 nitrogen and oxygen atoms in total. The van der Waals surface area contributed by atoms with Gasteiger partial charge in [0.1, 0.15) is 5.54 Å². The Hall–Kier alpha value is -1.65. The van der Waals surface area contributed by atoms with E-state index in [2.05, 4.69) is 5.32 Å². The molecular formula is C16H15ClN2OS. The zero-order valence-electron chi connectivity index (χ0n) is 11.3. The average Bonchev–Trinajstić information content (AvgIpc) is 2.50. The first-order valence-electron chi connectivity index (χ1n) is 6.68. The van der Waals surface area contributed by atoms with E-state index < -0.39 is 5.54 Å². The van der Waals surface area contributed by atoms with E-state index in [4.69, 9.17) is 17.3 Å². The van der Waals surface area contributed by atoms with Crippen molar-refractivity contribution in [2.45, 2.75) is 16.9 Å². The second-order valence-corrected chi connectivity index (χ2v) is 6.57. The molecule has 0 saturated carbocycles. The number of carbonyl (C=O) groups is 1. The van der Waals surface area contributed by atoms with Crippen molar-refractivity contribution < 1.29 is 4.79 Å². The van der Waals surface area contributed by atoms with E-state index in [-0.39, 0.29) is 5.91 Å². The molecule has 3 N–H and O–H groups in total. The molecule has 108 valence electrons. The molecule has 0 spiro atoms. The van der Waals surface area contributed by atoms with Crippen molar-refractivity contribution >= 4 is 35.0 Å². The van der Waals surface area contributed by atoms with Gasteiger partial charge in [-0.3, -0.25) is 4.79 Å². The average molecular weight is 319 g/mol. The number of fused-ring (bicyclic) bond motifs is 1. The van der Waals surface area contributed by atoms with Crippen molar-refractivity contribution in [1.82, 2.24) is 0 Å². The molecule has 0 aromatic heterocycles. The van der Waals surface area contributed by atoms with Crippen LogP contribution >= 0.6 is 23.4 Å². The molecule has 0 aliphatic carbocycles. The van der Waals surface area contributed by atoms with Crippen LogP contribution in [0.3, 0.4) is 0 Å². The molecule has 2 aromatic carbocycles. The standard InChI is InChI=1S/C16H15ClN2OS/c17-11-5-7-12(8-6-11)19-16(15(18)20)9-10-21-14-4-2-1-3-13(14)16/h1-8,19H,9-10H2,(H2,18,20). The minimum Gasteiger partial charge on any atom is -0.368 e. The van der Waals surface area contributed by atoms with E-state index in [0.29, 0.717) is 11.4 Å². The number of hydrogen-bond acceptors (Lipinski definition) is 3. The largest absolute Gasteiger partial charge is 0.368 e. The lowest BCUT2D eigenvalue weighted by Crippen LogP contribution is -2.49. The monoisotopic (exact) mass is 318 g/mol. The Bertz CT molecular complexity index is 674. The summed E-state index contributed by atoms with van der Waals surface area (Å²) in [5.41, 5.74) is 6.67. The van der Waals surface area contributed by atoms with E-state index >= 15 is 0 Å². The Morgan fingerprint density at radius 3 is 2.62 bits per heavy atom. The highest BCUT2D eigenvalue weighted by molar-refractivity contribution is 7.99. The smallest absolute Gasteiger partial charge is 0.247 e. The van der Waals surface area contributed by atoms with Crippen molar-refractivity contribution in [2.24, 2.45) is 5.73 Å². The molecule has 1 aliphatic heterocycles. The predicted octanol–water partition coefficient (Wildman–Crippen LogP) is 3.63. The Labute approximate surface area is 132 Å². The van der Waals surface area contributed by atoms with Crippen LogP contribution in [0.4, 0.5) is 5.69 Å². The summed E-state index contributed by atoms with van der Waals surface area (Å²) in [6.07, 6.45) is 0.659. The summed E-state index contributed by atoms with van der Waals surface area (Å²) in [6, 6.07) is 15.2. The summed E-state index contributed by atoms with van der Waals surface area (Å²) in [7, 11) is 0. The second-order valence-electron chi connectivity index (χ2n) is 5.00. The maximum Gasteiger partial charge on any atom is 0.247 e. The van der Waals surface area contributed by atoms with Gasteiger partial charge < -0.3 is 11.1 Å². The number of thioether (sulfide) groups is 1. The number of nitrogens with two attached hydrogens (primary N) is 1. The fraction of sp³-hybridized carbons (Fsp3) is 0.188. The highest BCUT2D eigenvalue weighted by Crippen LogP contribution is 2.42. The summed E-state index contributed by atoms with van der Waals surface area (Å²) in [5.74, 6) is 0.491. The number of rotatable bonds is 3. The minimum absolute atomic E-state index is 0.356. The molecule has 1 aliphatic rings. The summed E-state index contributed by atoms with van der Waals surface area (Å²) < 4.78 is 0. The lowest BCUT2D eigenvalue weighted by molar-refractivity contribution is -0.122. The topological polar surface area (TPSA) is 55.1 Å². The lowest BCUT2D eigenvalue weighted by Gasteiger charge is -2.37. The fourth-order valence-electron chi connectivity index (χ4n) is 2.62. The molecule has 21 heavy (non-hydrogen) atoms. The van der Waals surface area contributed by atoms with Crippen molar-refractivity contribution in [2.75, 3.05) is 11.1 Å². The van der Waals surface area contributed by atoms with Crippen molar-refractivity contribution in [3.63, 3.8) is 0 Å². The molecule has 5 heteroatoms. The summed E-state index contributed by atoms with van der Waals surface area (Å²) in [4.78, 5) is 13.3. The van der Waals surface area contributed by atoms with E-state index in [1.807, 2.05) is 36.4 Å². The van der Waals surface area contributed by atoms with E-state index in [1.165, 1.54) is 0 Å². The second kappa shape index (κ2) is 5.62.